The summed E-state index contributed by atoms with van der Waals surface area (Å²) >= 11 is 1.79. The molecule has 0 unspecified atom stereocenters. The lowest BCUT2D eigenvalue weighted by molar-refractivity contribution is 0.378. The molecule has 1 aliphatic carbocycles. The van der Waals surface area contributed by atoms with E-state index in [1.165, 1.54) is 11.8 Å². The number of pyridine rings is 1. The fourth-order valence-corrected chi connectivity index (χ4v) is 3.44. The molecule has 2 heterocycles. The van der Waals surface area contributed by atoms with Gasteiger partial charge in [0.15, 0.2) is 0 Å². The molecule has 1 aromatic carbocycles. The molecule has 1 fully saturated rings. The minimum Gasteiger partial charge on any atom is -0.339 e. The van der Waals surface area contributed by atoms with E-state index in [0.29, 0.717) is 17.3 Å². The molecule has 0 N–H and O–H groups in total. The Kier molecular flexibility index (Phi) is 4.06. The van der Waals surface area contributed by atoms with E-state index in [0.717, 1.165) is 17.7 Å². The highest BCUT2D eigenvalue weighted by Gasteiger charge is 2.45. The maximum absolute atomic E-state index is 13.8. The third kappa shape index (κ3) is 2.94. The van der Waals surface area contributed by atoms with E-state index >= 15 is 0 Å². The van der Waals surface area contributed by atoms with Crippen LogP contribution in [0.1, 0.15) is 35.3 Å². The van der Waals surface area contributed by atoms with E-state index in [9.17, 15) is 4.39 Å². The Labute approximate surface area is 143 Å². The van der Waals surface area contributed by atoms with E-state index in [1.807, 2.05) is 12.1 Å². The molecule has 0 aliphatic heterocycles. The number of rotatable bonds is 5. The van der Waals surface area contributed by atoms with Crippen LogP contribution in [-0.2, 0) is 5.75 Å². The molecule has 3 aromatic rings. The van der Waals surface area contributed by atoms with Crippen molar-refractivity contribution in [3.63, 3.8) is 0 Å². The van der Waals surface area contributed by atoms with Gasteiger partial charge in [-0.2, -0.15) is 16.7 Å². The molecular weight excluding hydrogens is 325 g/mol. The van der Waals surface area contributed by atoms with E-state index in [-0.39, 0.29) is 17.7 Å². The highest BCUT2D eigenvalue weighted by Crippen LogP contribution is 2.54. The van der Waals surface area contributed by atoms with E-state index in [4.69, 9.17) is 4.52 Å². The summed E-state index contributed by atoms with van der Waals surface area (Å²) in [6, 6.07) is 9.89. The first-order chi connectivity index (χ1) is 11.8. The molecule has 0 radical (unpaired) electrons. The minimum atomic E-state index is -0.269. The first-order valence-corrected chi connectivity index (χ1v) is 9.17. The van der Waals surface area contributed by atoms with Crippen LogP contribution in [0.25, 0.3) is 11.4 Å². The second-order valence-electron chi connectivity index (χ2n) is 5.93. The number of hydrogen-bond acceptors (Lipinski definition) is 5. The van der Waals surface area contributed by atoms with Gasteiger partial charge in [0.2, 0.25) is 11.7 Å². The molecule has 0 bridgehead atoms. The van der Waals surface area contributed by atoms with Gasteiger partial charge in [0.25, 0.3) is 0 Å². The van der Waals surface area contributed by atoms with Crippen molar-refractivity contribution in [2.75, 3.05) is 6.26 Å². The summed E-state index contributed by atoms with van der Waals surface area (Å²) in [6.45, 7) is 0. The molecule has 122 valence electrons. The summed E-state index contributed by atoms with van der Waals surface area (Å²) in [7, 11) is 0. The average molecular weight is 341 g/mol. The Hall–Kier alpha value is -2.21. The first-order valence-electron chi connectivity index (χ1n) is 7.77. The molecule has 6 heteroatoms. The van der Waals surface area contributed by atoms with E-state index in [1.54, 1.807) is 24.0 Å². The van der Waals surface area contributed by atoms with Crippen LogP contribution in [0.4, 0.5) is 4.39 Å². The summed E-state index contributed by atoms with van der Waals surface area (Å²) in [5.74, 6) is 2.08. The lowest BCUT2D eigenvalue weighted by atomic mass is 10.1. The smallest absolute Gasteiger partial charge is 0.230 e. The van der Waals surface area contributed by atoms with Crippen molar-refractivity contribution in [2.24, 2.45) is 0 Å². The van der Waals surface area contributed by atoms with Crippen molar-refractivity contribution in [1.29, 1.82) is 0 Å². The van der Waals surface area contributed by atoms with Crippen LogP contribution in [0.2, 0.25) is 0 Å². The third-order valence-electron chi connectivity index (χ3n) is 4.28. The molecule has 4 rings (SSSR count). The Morgan fingerprint density at radius 1 is 1.21 bits per heavy atom. The number of thioether (sulfide) groups is 1. The van der Waals surface area contributed by atoms with Crippen LogP contribution in [0.15, 0.2) is 47.2 Å². The molecule has 2 aromatic heterocycles. The average Bonchev–Trinajstić information content (AvgIpc) is 3.24. The zero-order valence-electron chi connectivity index (χ0n) is 13.1. The molecule has 1 aliphatic rings. The molecule has 0 spiro atoms. The Morgan fingerprint density at radius 2 is 2.04 bits per heavy atom. The van der Waals surface area contributed by atoms with Crippen molar-refractivity contribution < 1.29 is 8.91 Å². The van der Waals surface area contributed by atoms with Gasteiger partial charge >= 0.3 is 0 Å². The number of nitrogens with zero attached hydrogens (tertiary/aromatic N) is 3. The minimum absolute atomic E-state index is 0.0962. The van der Waals surface area contributed by atoms with Gasteiger partial charge in [-0.15, -0.1) is 0 Å². The fraction of sp³-hybridized carbons (Fsp3) is 0.278. The Bertz CT molecular complexity index is 849. The zero-order valence-corrected chi connectivity index (χ0v) is 14.0. The van der Waals surface area contributed by atoms with Gasteiger partial charge in [-0.1, -0.05) is 29.4 Å². The zero-order chi connectivity index (χ0) is 16.5. The summed E-state index contributed by atoms with van der Waals surface area (Å²) in [5, 5.41) is 4.08. The summed E-state index contributed by atoms with van der Waals surface area (Å²) in [4.78, 5) is 8.29. The van der Waals surface area contributed by atoms with E-state index in [2.05, 4.69) is 33.5 Å². The van der Waals surface area contributed by atoms with Gasteiger partial charge < -0.3 is 4.52 Å². The Balaban J connectivity index is 1.51. The lowest BCUT2D eigenvalue weighted by Gasteiger charge is -1.99. The summed E-state index contributed by atoms with van der Waals surface area (Å²) in [6.07, 6.45) is 5.77. The number of benzene rings is 1. The maximum Gasteiger partial charge on any atom is 0.230 e. The van der Waals surface area contributed by atoms with Crippen molar-refractivity contribution >= 4 is 11.8 Å². The molecule has 0 amide bonds. The summed E-state index contributed by atoms with van der Waals surface area (Å²) < 4.78 is 19.2. The highest BCUT2D eigenvalue weighted by atomic mass is 32.2. The monoisotopic (exact) mass is 341 g/mol. The normalized spacial score (nSPS) is 19.4. The van der Waals surface area contributed by atoms with Gasteiger partial charge in [0.05, 0.1) is 6.20 Å². The van der Waals surface area contributed by atoms with Crippen LogP contribution < -0.4 is 0 Å². The standard InChI is InChI=1S/C18H16FN3OS/c1-24-10-11-2-4-12(5-3-11)17-21-18(23-22-17)15-8-14(15)13-6-7-20-9-16(13)19/h2-7,9,14-15H,8,10H2,1H3/t14-,15+/m0/s1. The topological polar surface area (TPSA) is 51.8 Å². The van der Waals surface area contributed by atoms with Gasteiger partial charge in [-0.25, -0.2) is 4.39 Å². The van der Waals surface area contributed by atoms with Crippen molar-refractivity contribution in [3.8, 4) is 11.4 Å². The first kappa shape index (κ1) is 15.3. The van der Waals surface area contributed by atoms with Crippen LogP contribution in [0.5, 0.6) is 0 Å². The third-order valence-corrected chi connectivity index (χ3v) is 4.90. The molecule has 0 saturated heterocycles. The second-order valence-corrected chi connectivity index (χ2v) is 6.80. The van der Waals surface area contributed by atoms with Gasteiger partial charge in [-0.05, 0) is 35.8 Å². The van der Waals surface area contributed by atoms with Crippen molar-refractivity contribution in [2.45, 2.75) is 24.0 Å². The predicted molar refractivity (Wildman–Crippen MR) is 91.2 cm³/mol. The second kappa shape index (κ2) is 6.36. The molecule has 1 saturated carbocycles. The van der Waals surface area contributed by atoms with Crippen LogP contribution in [0.3, 0.4) is 0 Å². The van der Waals surface area contributed by atoms with Crippen molar-refractivity contribution in [3.05, 3.63) is 65.6 Å². The lowest BCUT2D eigenvalue weighted by Crippen LogP contribution is -1.90. The number of halogens is 1. The molecule has 24 heavy (non-hydrogen) atoms. The number of hydrogen-bond donors (Lipinski definition) is 0. The highest BCUT2D eigenvalue weighted by molar-refractivity contribution is 7.97. The van der Waals surface area contributed by atoms with Crippen LogP contribution in [-0.4, -0.2) is 21.4 Å². The molecular formula is C18H16FN3OS. The Morgan fingerprint density at radius 3 is 2.79 bits per heavy atom. The van der Waals surface area contributed by atoms with Crippen molar-refractivity contribution in [1.82, 2.24) is 15.1 Å². The van der Waals surface area contributed by atoms with Crippen LogP contribution >= 0.6 is 11.8 Å². The number of aromatic nitrogens is 3. The summed E-state index contributed by atoms with van der Waals surface area (Å²) in [5.41, 5.74) is 2.88. The largest absolute Gasteiger partial charge is 0.339 e. The van der Waals surface area contributed by atoms with Crippen LogP contribution in [0, 0.1) is 5.82 Å². The van der Waals surface area contributed by atoms with Gasteiger partial charge in [-0.3, -0.25) is 4.98 Å². The maximum atomic E-state index is 13.8. The molecule has 4 nitrogen and oxygen atoms in total. The van der Waals surface area contributed by atoms with Gasteiger partial charge in [0.1, 0.15) is 5.82 Å². The molecule has 2 atom stereocenters. The quantitative estimate of drug-likeness (QED) is 0.688. The SMILES string of the molecule is CSCc1ccc(-c2noc([C@@H]3C[C@H]3c3ccncc3F)n2)cc1. The van der Waals surface area contributed by atoms with E-state index < -0.39 is 0 Å². The van der Waals surface area contributed by atoms with Gasteiger partial charge in [0, 0.05) is 23.4 Å². The fourth-order valence-electron chi connectivity index (χ4n) is 2.92. The predicted octanol–water partition coefficient (Wildman–Crippen LogP) is 4.40.